The second-order valence-electron chi connectivity index (χ2n) is 16.9. The Balaban J connectivity index is 0.953. The van der Waals surface area contributed by atoms with E-state index >= 15 is 0 Å². The number of nitrogens with zero attached hydrogens (tertiary/aromatic N) is 2. The summed E-state index contributed by atoms with van der Waals surface area (Å²) >= 11 is 0. The fraction of sp³-hybridized carbons (Fsp3) is 0. The smallest absolute Gasteiger partial charge is 0.143 e. The molecule has 65 heavy (non-hydrogen) atoms. The summed E-state index contributed by atoms with van der Waals surface area (Å²) in [6, 6.07) is 87.8. The Kier molecular flexibility index (Phi) is 8.53. The normalized spacial score (nSPS) is 11.7. The Hall–Kier alpha value is -8.66. The summed E-state index contributed by atoms with van der Waals surface area (Å²) in [6.07, 6.45) is 0. The van der Waals surface area contributed by atoms with Gasteiger partial charge in [0.05, 0.1) is 16.7 Å². The Bertz CT molecular complexity index is 3930. The van der Waals surface area contributed by atoms with E-state index in [2.05, 4.69) is 240 Å². The maximum atomic E-state index is 6.48. The van der Waals surface area contributed by atoms with E-state index in [0.29, 0.717) is 0 Å². The number of fused-ring (bicyclic) bond motifs is 8. The summed E-state index contributed by atoms with van der Waals surface area (Å²) in [6.45, 7) is 0. The molecule has 0 aliphatic heterocycles. The summed E-state index contributed by atoms with van der Waals surface area (Å²) in [5, 5.41) is 9.59. The molecule has 13 aromatic rings. The van der Waals surface area contributed by atoms with Crippen molar-refractivity contribution >= 4 is 82.4 Å². The minimum atomic E-state index is 0.902. The predicted octanol–water partition coefficient (Wildman–Crippen LogP) is 17.5. The Morgan fingerprint density at radius 3 is 1.75 bits per heavy atom. The molecule has 0 bridgehead atoms. The van der Waals surface area contributed by atoms with Gasteiger partial charge in [-0.2, -0.15) is 0 Å². The van der Waals surface area contributed by atoms with E-state index in [1.807, 2.05) is 12.1 Å². The third-order valence-corrected chi connectivity index (χ3v) is 13.2. The van der Waals surface area contributed by atoms with Crippen LogP contribution in [-0.4, -0.2) is 4.57 Å². The average Bonchev–Trinajstić information content (AvgIpc) is 3.93. The lowest BCUT2D eigenvalue weighted by Gasteiger charge is -2.28. The minimum Gasteiger partial charge on any atom is -0.455 e. The lowest BCUT2D eigenvalue weighted by molar-refractivity contribution is 0.670. The Morgan fingerprint density at radius 2 is 0.938 bits per heavy atom. The third kappa shape index (κ3) is 6.12. The van der Waals surface area contributed by atoms with Gasteiger partial charge in [-0.05, 0) is 117 Å². The summed E-state index contributed by atoms with van der Waals surface area (Å²) in [7, 11) is 0. The molecule has 0 radical (unpaired) electrons. The molecule has 0 aliphatic carbocycles. The second-order valence-corrected chi connectivity index (χ2v) is 16.9. The van der Waals surface area contributed by atoms with E-state index in [4.69, 9.17) is 4.42 Å². The molecule has 0 atom stereocenters. The quantitative estimate of drug-likeness (QED) is 0.160. The molecule has 0 N–H and O–H groups in total. The molecule has 11 aromatic carbocycles. The second kappa shape index (κ2) is 15.0. The summed E-state index contributed by atoms with van der Waals surface area (Å²) in [4.78, 5) is 2.40. The zero-order valence-electron chi connectivity index (χ0n) is 35.4. The van der Waals surface area contributed by atoms with E-state index in [9.17, 15) is 0 Å². The number of hydrogen-bond donors (Lipinski definition) is 0. The fourth-order valence-corrected chi connectivity index (χ4v) is 10.1. The van der Waals surface area contributed by atoms with Gasteiger partial charge in [0.15, 0.2) is 0 Å². The largest absolute Gasteiger partial charge is 0.455 e. The van der Waals surface area contributed by atoms with Crippen molar-refractivity contribution in [3.63, 3.8) is 0 Å². The van der Waals surface area contributed by atoms with Gasteiger partial charge < -0.3 is 13.9 Å². The molecule has 2 heterocycles. The molecular formula is C62H40N2O. The van der Waals surface area contributed by atoms with Gasteiger partial charge in [0.1, 0.15) is 11.2 Å². The van der Waals surface area contributed by atoms with Crippen LogP contribution < -0.4 is 4.90 Å². The molecule has 0 amide bonds. The first-order valence-electron chi connectivity index (χ1n) is 22.2. The molecule has 0 spiro atoms. The highest BCUT2D eigenvalue weighted by molar-refractivity contribution is 6.13. The van der Waals surface area contributed by atoms with Crippen molar-refractivity contribution in [3.8, 4) is 39.1 Å². The van der Waals surface area contributed by atoms with Crippen molar-refractivity contribution in [2.45, 2.75) is 0 Å². The number of para-hydroxylation sites is 4. The maximum absolute atomic E-state index is 6.48. The van der Waals surface area contributed by atoms with Crippen LogP contribution in [0.3, 0.4) is 0 Å². The first-order valence-corrected chi connectivity index (χ1v) is 22.2. The van der Waals surface area contributed by atoms with Gasteiger partial charge in [-0.3, -0.25) is 0 Å². The number of benzene rings is 11. The predicted molar refractivity (Wildman–Crippen MR) is 274 cm³/mol. The van der Waals surface area contributed by atoms with E-state index in [-0.39, 0.29) is 0 Å². The van der Waals surface area contributed by atoms with Gasteiger partial charge >= 0.3 is 0 Å². The molecule has 304 valence electrons. The minimum absolute atomic E-state index is 0.902. The van der Waals surface area contributed by atoms with Crippen molar-refractivity contribution in [3.05, 3.63) is 243 Å². The van der Waals surface area contributed by atoms with Crippen molar-refractivity contribution in [1.82, 2.24) is 4.57 Å². The summed E-state index contributed by atoms with van der Waals surface area (Å²) < 4.78 is 8.85. The molecular weight excluding hydrogens is 789 g/mol. The average molecular weight is 829 g/mol. The first-order chi connectivity index (χ1) is 32.2. The number of hydrogen-bond acceptors (Lipinski definition) is 2. The van der Waals surface area contributed by atoms with Gasteiger partial charge in [-0.1, -0.05) is 170 Å². The fourth-order valence-electron chi connectivity index (χ4n) is 10.1. The van der Waals surface area contributed by atoms with Crippen LogP contribution in [0.5, 0.6) is 0 Å². The first kappa shape index (κ1) is 36.9. The van der Waals surface area contributed by atoms with Crippen LogP contribution in [-0.2, 0) is 0 Å². The number of aromatic nitrogens is 1. The van der Waals surface area contributed by atoms with Gasteiger partial charge in [-0.15, -0.1) is 0 Å². The van der Waals surface area contributed by atoms with Gasteiger partial charge in [0.25, 0.3) is 0 Å². The third-order valence-electron chi connectivity index (χ3n) is 13.2. The molecule has 0 unspecified atom stereocenters. The van der Waals surface area contributed by atoms with Crippen LogP contribution in [0, 0.1) is 0 Å². The van der Waals surface area contributed by atoms with Gasteiger partial charge in [0, 0.05) is 49.6 Å². The van der Waals surface area contributed by atoms with E-state index in [1.54, 1.807) is 0 Å². The summed E-state index contributed by atoms with van der Waals surface area (Å²) in [5.41, 5.74) is 15.6. The molecule has 0 saturated carbocycles. The van der Waals surface area contributed by atoms with Crippen LogP contribution in [0.15, 0.2) is 247 Å². The lowest BCUT2D eigenvalue weighted by Crippen LogP contribution is -2.10. The molecule has 13 rings (SSSR count). The van der Waals surface area contributed by atoms with Crippen LogP contribution >= 0.6 is 0 Å². The Labute approximate surface area is 376 Å². The van der Waals surface area contributed by atoms with Crippen LogP contribution in [0.4, 0.5) is 17.1 Å². The zero-order chi connectivity index (χ0) is 42.8. The number of anilines is 3. The molecule has 0 fully saturated rings. The van der Waals surface area contributed by atoms with Crippen LogP contribution in [0.2, 0.25) is 0 Å². The molecule has 3 nitrogen and oxygen atoms in total. The summed E-state index contributed by atoms with van der Waals surface area (Å²) in [5.74, 6) is 0. The maximum Gasteiger partial charge on any atom is 0.143 e. The molecule has 0 aliphatic rings. The zero-order valence-corrected chi connectivity index (χ0v) is 35.4. The topological polar surface area (TPSA) is 21.3 Å². The standard InChI is InChI=1S/C62H40N2O/c1-2-15-47(16-3-1)64-58-23-10-8-19-54(58)57-40-46(31-37-60(57)64)50-36-38-59(53-18-7-6-17-52(50)53)63(48-32-27-42(28-33-48)45-26-25-41-13-4-5-14-44(41)39-45)49-34-29-43(30-35-49)51-21-12-22-56-55-20-9-11-24-61(55)65-62(51)56/h1-40H. The lowest BCUT2D eigenvalue weighted by atomic mass is 9.95. The van der Waals surface area contributed by atoms with E-state index in [0.717, 1.165) is 55.8 Å². The van der Waals surface area contributed by atoms with Crippen molar-refractivity contribution in [2.24, 2.45) is 0 Å². The van der Waals surface area contributed by atoms with Gasteiger partial charge in [0.2, 0.25) is 0 Å². The van der Waals surface area contributed by atoms with Gasteiger partial charge in [-0.25, -0.2) is 0 Å². The monoisotopic (exact) mass is 828 g/mol. The number of rotatable bonds is 7. The SMILES string of the molecule is c1ccc(-n2c3ccccc3c3cc(-c4ccc(N(c5ccc(-c6ccc7ccccc7c6)cc5)c5ccc(-c6cccc7c6oc6ccccc67)cc5)c5ccccc45)ccc32)cc1. The Morgan fingerprint density at radius 1 is 0.323 bits per heavy atom. The highest BCUT2D eigenvalue weighted by atomic mass is 16.3. The van der Waals surface area contributed by atoms with Crippen LogP contribution in [0.1, 0.15) is 0 Å². The molecule has 2 aromatic heterocycles. The number of furan rings is 1. The van der Waals surface area contributed by atoms with E-state index < -0.39 is 0 Å². The van der Waals surface area contributed by atoms with Crippen LogP contribution in [0.25, 0.3) is 104 Å². The van der Waals surface area contributed by atoms with Crippen molar-refractivity contribution in [2.75, 3.05) is 4.90 Å². The van der Waals surface area contributed by atoms with E-state index in [1.165, 1.54) is 65.6 Å². The van der Waals surface area contributed by atoms with Crippen molar-refractivity contribution in [1.29, 1.82) is 0 Å². The van der Waals surface area contributed by atoms with Crippen molar-refractivity contribution < 1.29 is 4.42 Å². The molecule has 0 saturated heterocycles. The highest BCUT2D eigenvalue weighted by Gasteiger charge is 2.20. The molecule has 3 heteroatoms. The highest BCUT2D eigenvalue weighted by Crippen LogP contribution is 2.45.